The molecular formula is C12H25P. The van der Waals surface area contributed by atoms with E-state index >= 15 is 0 Å². The van der Waals surface area contributed by atoms with Gasteiger partial charge < -0.3 is 0 Å². The molecule has 1 aliphatic rings. The molecule has 1 heteroatoms. The molecule has 0 nitrogen and oxygen atoms in total. The zero-order chi connectivity index (χ0) is 10.1. The van der Waals surface area contributed by atoms with Crippen LogP contribution in [0.1, 0.15) is 53.4 Å². The van der Waals surface area contributed by atoms with Gasteiger partial charge in [0.15, 0.2) is 0 Å². The highest BCUT2D eigenvalue weighted by molar-refractivity contribution is 7.78. The van der Waals surface area contributed by atoms with Gasteiger partial charge in [-0.05, 0) is 53.4 Å². The van der Waals surface area contributed by atoms with Crippen molar-refractivity contribution in [2.45, 2.75) is 70.4 Å². The molecule has 0 unspecified atom stereocenters. The maximum atomic E-state index is 4.66. The van der Waals surface area contributed by atoms with E-state index in [1.165, 1.54) is 25.7 Å². The smallest absolute Gasteiger partial charge is 0.0436 e. The van der Waals surface area contributed by atoms with E-state index in [4.69, 9.17) is 0 Å². The van der Waals surface area contributed by atoms with Crippen LogP contribution >= 0.6 is 7.26 Å². The van der Waals surface area contributed by atoms with Gasteiger partial charge in [-0.3, -0.25) is 0 Å². The van der Waals surface area contributed by atoms with Crippen LogP contribution in [0.3, 0.4) is 0 Å². The molecule has 0 spiro atoms. The van der Waals surface area contributed by atoms with E-state index in [2.05, 4.69) is 34.4 Å². The van der Waals surface area contributed by atoms with E-state index in [0.29, 0.717) is 0 Å². The van der Waals surface area contributed by atoms with Crippen LogP contribution < -0.4 is 0 Å². The predicted octanol–water partition coefficient (Wildman–Crippen LogP) is 4.55. The van der Waals surface area contributed by atoms with Crippen molar-refractivity contribution in [3.63, 3.8) is 0 Å². The van der Waals surface area contributed by atoms with Crippen molar-refractivity contribution in [2.75, 3.05) is 0 Å². The SMILES string of the molecule is [CH2-][P+](C(C)C)(C(C)C)C1CCCC1. The second kappa shape index (κ2) is 4.30. The van der Waals surface area contributed by atoms with Gasteiger partial charge in [0.05, 0.1) is 0 Å². The van der Waals surface area contributed by atoms with Crippen LogP contribution in [0, 0.1) is 6.66 Å². The van der Waals surface area contributed by atoms with Gasteiger partial charge in [-0.1, -0.05) is 0 Å². The molecule has 0 atom stereocenters. The van der Waals surface area contributed by atoms with Gasteiger partial charge in [-0.25, -0.2) is 0 Å². The van der Waals surface area contributed by atoms with Gasteiger partial charge in [0.1, 0.15) is 0 Å². The van der Waals surface area contributed by atoms with Crippen molar-refractivity contribution in [3.05, 3.63) is 6.66 Å². The topological polar surface area (TPSA) is 0 Å². The maximum absolute atomic E-state index is 4.66. The Morgan fingerprint density at radius 2 is 1.38 bits per heavy atom. The standard InChI is InChI=1S/C12H25P/c1-10(2)13(5,11(3)4)12-8-6-7-9-12/h10-12H,5-9H2,1-4H3. The molecule has 0 N–H and O–H groups in total. The molecule has 0 amide bonds. The molecule has 1 aliphatic carbocycles. The van der Waals surface area contributed by atoms with Gasteiger partial charge >= 0.3 is 0 Å². The Balaban J connectivity index is 2.76. The van der Waals surface area contributed by atoms with Crippen molar-refractivity contribution < 1.29 is 0 Å². The third-order valence-corrected chi connectivity index (χ3v) is 9.65. The first-order valence-corrected chi connectivity index (χ1v) is 7.90. The molecule has 1 rings (SSSR count). The van der Waals surface area contributed by atoms with E-state index in [-0.39, 0.29) is 0 Å². The fourth-order valence-electron chi connectivity index (χ4n) is 2.82. The first-order chi connectivity index (χ1) is 5.99. The summed E-state index contributed by atoms with van der Waals surface area (Å²) in [6.07, 6.45) is 5.85. The minimum atomic E-state index is -0.911. The maximum Gasteiger partial charge on any atom is 0.0436 e. The van der Waals surface area contributed by atoms with E-state index in [9.17, 15) is 0 Å². The Hall–Kier alpha value is 0.430. The fraction of sp³-hybridized carbons (Fsp3) is 0.917. The largest absolute Gasteiger partial charge is 0.179 e. The fourth-order valence-corrected chi connectivity index (χ4v) is 7.03. The summed E-state index contributed by atoms with van der Waals surface area (Å²) < 4.78 is 0. The lowest BCUT2D eigenvalue weighted by Gasteiger charge is -2.43. The van der Waals surface area contributed by atoms with Gasteiger partial charge in [0, 0.05) is 17.0 Å². The lowest BCUT2D eigenvalue weighted by atomic mass is 10.4. The molecule has 0 saturated heterocycles. The summed E-state index contributed by atoms with van der Waals surface area (Å²) in [6, 6.07) is 0. The first kappa shape index (κ1) is 11.5. The number of hydrogen-bond acceptors (Lipinski definition) is 0. The van der Waals surface area contributed by atoms with E-state index < -0.39 is 7.26 Å². The lowest BCUT2D eigenvalue weighted by Crippen LogP contribution is -2.22. The Labute approximate surface area is 84.8 Å². The van der Waals surface area contributed by atoms with Gasteiger partial charge in [-0.2, -0.15) is 6.66 Å². The normalized spacial score (nSPS) is 20.5. The molecule has 1 saturated carbocycles. The summed E-state index contributed by atoms with van der Waals surface area (Å²) in [6.45, 7) is 14.2. The highest BCUT2D eigenvalue weighted by Crippen LogP contribution is 2.72. The summed E-state index contributed by atoms with van der Waals surface area (Å²) in [5.74, 6) is 0. The minimum Gasteiger partial charge on any atom is -0.179 e. The predicted molar refractivity (Wildman–Crippen MR) is 64.8 cm³/mol. The summed E-state index contributed by atoms with van der Waals surface area (Å²) in [4.78, 5) is 0. The minimum absolute atomic E-state index is 0.829. The van der Waals surface area contributed by atoms with E-state index in [1.54, 1.807) is 0 Å². The zero-order valence-electron chi connectivity index (χ0n) is 9.71. The van der Waals surface area contributed by atoms with Crippen molar-refractivity contribution in [1.82, 2.24) is 0 Å². The molecule has 0 aromatic carbocycles. The average Bonchev–Trinajstić information content (AvgIpc) is 2.54. The quantitative estimate of drug-likeness (QED) is 0.463. The van der Waals surface area contributed by atoms with E-state index in [1.807, 2.05) is 0 Å². The molecule has 0 heterocycles. The summed E-state index contributed by atoms with van der Waals surface area (Å²) >= 11 is 0. The lowest BCUT2D eigenvalue weighted by molar-refractivity contribution is 0.834. The molecule has 0 aromatic heterocycles. The van der Waals surface area contributed by atoms with Crippen molar-refractivity contribution in [1.29, 1.82) is 0 Å². The summed E-state index contributed by atoms with van der Waals surface area (Å²) in [5.41, 5.74) is 2.65. The van der Waals surface area contributed by atoms with Crippen LogP contribution in [0.15, 0.2) is 0 Å². The molecular weight excluding hydrogens is 175 g/mol. The van der Waals surface area contributed by atoms with Crippen molar-refractivity contribution in [3.8, 4) is 0 Å². The van der Waals surface area contributed by atoms with Crippen molar-refractivity contribution >= 4 is 7.26 Å². The van der Waals surface area contributed by atoms with Crippen LogP contribution in [0.2, 0.25) is 0 Å². The molecule has 0 aromatic rings. The van der Waals surface area contributed by atoms with Crippen LogP contribution in [-0.4, -0.2) is 17.0 Å². The molecule has 78 valence electrons. The Morgan fingerprint density at radius 1 is 1.00 bits per heavy atom. The highest BCUT2D eigenvalue weighted by atomic mass is 31.2. The number of hydrogen-bond donors (Lipinski definition) is 0. The highest BCUT2D eigenvalue weighted by Gasteiger charge is 2.41. The third-order valence-electron chi connectivity index (χ3n) is 3.93. The van der Waals surface area contributed by atoms with Crippen molar-refractivity contribution in [2.24, 2.45) is 0 Å². The third kappa shape index (κ3) is 2.09. The number of rotatable bonds is 3. The van der Waals surface area contributed by atoms with Gasteiger partial charge in [-0.15, -0.1) is 7.26 Å². The summed E-state index contributed by atoms with van der Waals surface area (Å²) in [5, 5.41) is 0. The second-order valence-corrected chi connectivity index (χ2v) is 9.91. The van der Waals surface area contributed by atoms with Crippen LogP contribution in [0.4, 0.5) is 0 Å². The zero-order valence-corrected chi connectivity index (χ0v) is 10.6. The van der Waals surface area contributed by atoms with E-state index in [0.717, 1.165) is 17.0 Å². The molecule has 1 fully saturated rings. The molecule has 13 heavy (non-hydrogen) atoms. The first-order valence-electron chi connectivity index (χ1n) is 5.72. The van der Waals surface area contributed by atoms with Crippen LogP contribution in [-0.2, 0) is 0 Å². The Morgan fingerprint density at radius 3 is 1.69 bits per heavy atom. The summed E-state index contributed by atoms with van der Waals surface area (Å²) in [7, 11) is -0.911. The van der Waals surface area contributed by atoms with Crippen LogP contribution in [0.5, 0.6) is 0 Å². The molecule has 0 radical (unpaired) electrons. The monoisotopic (exact) mass is 200 g/mol. The van der Waals surface area contributed by atoms with Gasteiger partial charge in [0.2, 0.25) is 0 Å². The molecule has 0 aliphatic heterocycles. The molecule has 0 bridgehead atoms. The van der Waals surface area contributed by atoms with Gasteiger partial charge in [0.25, 0.3) is 0 Å². The Kier molecular flexibility index (Phi) is 3.81. The van der Waals surface area contributed by atoms with Crippen LogP contribution in [0.25, 0.3) is 0 Å². The average molecular weight is 200 g/mol. The Bertz CT molecular complexity index is 147. The second-order valence-electron chi connectivity index (χ2n) is 5.12.